The SMILES string of the molecule is C=C/C=C(C)\C=C1\C=CN=CC1. The molecule has 0 amide bonds. The van der Waals surface area contributed by atoms with E-state index in [-0.39, 0.29) is 0 Å². The highest BCUT2D eigenvalue weighted by Gasteiger charge is 1.93. The fraction of sp³-hybridized carbons (Fsp3) is 0.182. The average molecular weight is 159 g/mol. The van der Waals surface area contributed by atoms with Gasteiger partial charge in [-0.25, -0.2) is 0 Å². The first-order valence-electron chi connectivity index (χ1n) is 4.01. The molecular formula is C11H13N. The highest BCUT2D eigenvalue weighted by atomic mass is 14.7. The summed E-state index contributed by atoms with van der Waals surface area (Å²) >= 11 is 0. The zero-order valence-electron chi connectivity index (χ0n) is 7.33. The predicted octanol–water partition coefficient (Wildman–Crippen LogP) is 3.03. The maximum absolute atomic E-state index is 3.99. The van der Waals surface area contributed by atoms with E-state index in [4.69, 9.17) is 0 Å². The molecule has 0 saturated carbocycles. The molecule has 0 atom stereocenters. The minimum Gasteiger partial charge on any atom is -0.269 e. The lowest BCUT2D eigenvalue weighted by atomic mass is 10.1. The normalized spacial score (nSPS) is 20.1. The van der Waals surface area contributed by atoms with E-state index in [2.05, 4.69) is 24.6 Å². The van der Waals surface area contributed by atoms with E-state index in [9.17, 15) is 0 Å². The Morgan fingerprint density at radius 3 is 3.08 bits per heavy atom. The molecule has 1 heterocycles. The van der Waals surface area contributed by atoms with E-state index in [1.54, 1.807) is 6.08 Å². The van der Waals surface area contributed by atoms with Crippen molar-refractivity contribution in [3.63, 3.8) is 0 Å². The van der Waals surface area contributed by atoms with Gasteiger partial charge in [0.05, 0.1) is 0 Å². The van der Waals surface area contributed by atoms with Gasteiger partial charge in [-0.2, -0.15) is 0 Å². The summed E-state index contributed by atoms with van der Waals surface area (Å²) in [5.74, 6) is 0. The van der Waals surface area contributed by atoms with Crippen molar-refractivity contribution in [1.29, 1.82) is 0 Å². The van der Waals surface area contributed by atoms with Gasteiger partial charge in [0.1, 0.15) is 0 Å². The number of hydrogen-bond donors (Lipinski definition) is 0. The minimum atomic E-state index is 0.929. The van der Waals surface area contributed by atoms with Crippen molar-refractivity contribution in [3.05, 3.63) is 48.2 Å². The first kappa shape index (κ1) is 8.72. The molecule has 0 radical (unpaired) electrons. The van der Waals surface area contributed by atoms with E-state index in [0.717, 1.165) is 6.42 Å². The molecule has 1 rings (SSSR count). The number of rotatable bonds is 2. The van der Waals surface area contributed by atoms with Gasteiger partial charge in [0, 0.05) is 18.8 Å². The van der Waals surface area contributed by atoms with Gasteiger partial charge in [-0.3, -0.25) is 4.99 Å². The maximum atomic E-state index is 3.99. The second-order valence-electron chi connectivity index (χ2n) is 2.72. The third kappa shape index (κ3) is 2.70. The molecular weight excluding hydrogens is 146 g/mol. The van der Waals surface area contributed by atoms with Gasteiger partial charge in [0.25, 0.3) is 0 Å². The Labute approximate surface area is 73.5 Å². The highest BCUT2D eigenvalue weighted by Crippen LogP contribution is 2.09. The number of nitrogens with zero attached hydrogens (tertiary/aromatic N) is 1. The zero-order chi connectivity index (χ0) is 8.81. The van der Waals surface area contributed by atoms with Crippen LogP contribution < -0.4 is 0 Å². The van der Waals surface area contributed by atoms with Crippen LogP contribution in [0.3, 0.4) is 0 Å². The molecule has 0 fully saturated rings. The first-order valence-corrected chi connectivity index (χ1v) is 4.01. The van der Waals surface area contributed by atoms with Gasteiger partial charge in [-0.05, 0) is 18.6 Å². The summed E-state index contributed by atoms with van der Waals surface area (Å²) in [4.78, 5) is 3.99. The molecule has 0 bridgehead atoms. The second kappa shape index (κ2) is 4.50. The molecule has 1 heteroatoms. The Hall–Kier alpha value is -1.37. The summed E-state index contributed by atoms with van der Waals surface area (Å²) in [6.45, 7) is 5.71. The van der Waals surface area contributed by atoms with Crippen molar-refractivity contribution >= 4 is 6.21 Å². The predicted molar refractivity (Wildman–Crippen MR) is 54.3 cm³/mol. The molecule has 0 aromatic heterocycles. The molecule has 1 aliphatic heterocycles. The standard InChI is InChI=1S/C11H13N/c1-3-4-10(2)9-11-5-7-12-8-6-11/h3-5,7-9H,1,6H2,2H3/b10-4-,11-9-. The lowest BCUT2D eigenvalue weighted by Gasteiger charge is -2.00. The average Bonchev–Trinajstić information content (AvgIpc) is 2.06. The monoisotopic (exact) mass is 159 g/mol. The molecule has 0 aromatic rings. The van der Waals surface area contributed by atoms with Crippen molar-refractivity contribution < 1.29 is 0 Å². The van der Waals surface area contributed by atoms with Gasteiger partial charge < -0.3 is 0 Å². The summed E-state index contributed by atoms with van der Waals surface area (Å²) in [5, 5.41) is 0. The molecule has 0 saturated heterocycles. The molecule has 0 spiro atoms. The Morgan fingerprint density at radius 2 is 2.50 bits per heavy atom. The van der Waals surface area contributed by atoms with Crippen molar-refractivity contribution in [2.24, 2.45) is 4.99 Å². The molecule has 62 valence electrons. The molecule has 1 nitrogen and oxygen atoms in total. The van der Waals surface area contributed by atoms with Crippen LogP contribution in [0.4, 0.5) is 0 Å². The molecule has 1 aliphatic rings. The summed E-state index contributed by atoms with van der Waals surface area (Å²) < 4.78 is 0. The minimum absolute atomic E-state index is 0.929. The van der Waals surface area contributed by atoms with Crippen molar-refractivity contribution in [2.75, 3.05) is 0 Å². The number of allylic oxidation sites excluding steroid dienone is 6. The Morgan fingerprint density at radius 1 is 1.67 bits per heavy atom. The van der Waals surface area contributed by atoms with E-state index in [1.807, 2.05) is 24.6 Å². The van der Waals surface area contributed by atoms with Crippen LogP contribution in [0.2, 0.25) is 0 Å². The largest absolute Gasteiger partial charge is 0.269 e. The molecule has 12 heavy (non-hydrogen) atoms. The highest BCUT2D eigenvalue weighted by molar-refractivity contribution is 5.65. The van der Waals surface area contributed by atoms with Crippen molar-refractivity contribution in [1.82, 2.24) is 0 Å². The van der Waals surface area contributed by atoms with Gasteiger partial charge in [-0.1, -0.05) is 30.4 Å². The topological polar surface area (TPSA) is 12.4 Å². The lowest BCUT2D eigenvalue weighted by molar-refractivity contribution is 1.29. The summed E-state index contributed by atoms with van der Waals surface area (Å²) in [7, 11) is 0. The van der Waals surface area contributed by atoms with Gasteiger partial charge >= 0.3 is 0 Å². The third-order valence-electron chi connectivity index (χ3n) is 1.60. The van der Waals surface area contributed by atoms with Gasteiger partial charge in [0.15, 0.2) is 0 Å². The van der Waals surface area contributed by atoms with Crippen molar-refractivity contribution in [3.8, 4) is 0 Å². The van der Waals surface area contributed by atoms with E-state index in [0.29, 0.717) is 0 Å². The smallest absolute Gasteiger partial charge is 0.0266 e. The second-order valence-corrected chi connectivity index (χ2v) is 2.72. The van der Waals surface area contributed by atoms with Crippen LogP contribution in [-0.4, -0.2) is 6.21 Å². The summed E-state index contributed by atoms with van der Waals surface area (Å²) in [6, 6.07) is 0. The number of aliphatic imine (C=N–C) groups is 1. The molecule has 0 aliphatic carbocycles. The molecule has 0 unspecified atom stereocenters. The van der Waals surface area contributed by atoms with Crippen LogP contribution in [0.15, 0.2) is 53.2 Å². The Balaban J connectivity index is 2.69. The number of hydrogen-bond acceptors (Lipinski definition) is 1. The third-order valence-corrected chi connectivity index (χ3v) is 1.60. The molecule has 0 aromatic carbocycles. The maximum Gasteiger partial charge on any atom is 0.0266 e. The van der Waals surface area contributed by atoms with Crippen LogP contribution >= 0.6 is 0 Å². The lowest BCUT2D eigenvalue weighted by Crippen LogP contribution is -1.85. The van der Waals surface area contributed by atoms with Crippen LogP contribution in [0.5, 0.6) is 0 Å². The summed E-state index contributed by atoms with van der Waals surface area (Å²) in [5.41, 5.74) is 2.51. The quantitative estimate of drug-likeness (QED) is 0.549. The Kier molecular flexibility index (Phi) is 3.27. The summed E-state index contributed by atoms with van der Waals surface area (Å²) in [6.07, 6.45) is 12.6. The van der Waals surface area contributed by atoms with E-state index >= 15 is 0 Å². The van der Waals surface area contributed by atoms with Crippen LogP contribution in [0, 0.1) is 0 Å². The van der Waals surface area contributed by atoms with Crippen LogP contribution in [0.25, 0.3) is 0 Å². The van der Waals surface area contributed by atoms with Gasteiger partial charge in [-0.15, -0.1) is 0 Å². The van der Waals surface area contributed by atoms with Crippen molar-refractivity contribution in [2.45, 2.75) is 13.3 Å². The fourth-order valence-electron chi connectivity index (χ4n) is 1.06. The zero-order valence-corrected chi connectivity index (χ0v) is 7.33. The van der Waals surface area contributed by atoms with E-state index in [1.165, 1.54) is 11.1 Å². The fourth-order valence-corrected chi connectivity index (χ4v) is 1.06. The first-order chi connectivity index (χ1) is 5.83. The van der Waals surface area contributed by atoms with Crippen LogP contribution in [0.1, 0.15) is 13.3 Å². The van der Waals surface area contributed by atoms with E-state index < -0.39 is 0 Å². The van der Waals surface area contributed by atoms with Gasteiger partial charge in [0.2, 0.25) is 0 Å². The molecule has 0 N–H and O–H groups in total. The van der Waals surface area contributed by atoms with Crippen LogP contribution in [-0.2, 0) is 0 Å². The Bertz CT molecular complexity index is 277.